The van der Waals surface area contributed by atoms with E-state index in [9.17, 15) is 4.79 Å². The molecule has 2 N–H and O–H groups in total. The van der Waals surface area contributed by atoms with Crippen LogP contribution in [-0.4, -0.2) is 35.5 Å². The highest BCUT2D eigenvalue weighted by atomic mass is 32.2. The van der Waals surface area contributed by atoms with Gasteiger partial charge in [-0.15, -0.1) is 0 Å². The van der Waals surface area contributed by atoms with Crippen LogP contribution in [0.2, 0.25) is 0 Å². The lowest BCUT2D eigenvalue weighted by molar-refractivity contribution is -0.120. The fourth-order valence-electron chi connectivity index (χ4n) is 1.42. The average molecular weight is 243 g/mol. The molecule has 16 heavy (non-hydrogen) atoms. The van der Waals surface area contributed by atoms with Crippen LogP contribution in [0.3, 0.4) is 0 Å². The van der Waals surface area contributed by atoms with Gasteiger partial charge in [0.05, 0.1) is 6.54 Å². The normalized spacial score (nSPS) is 21.6. The lowest BCUT2D eigenvalue weighted by Crippen LogP contribution is -2.46. The van der Waals surface area contributed by atoms with E-state index < -0.39 is 0 Å². The number of carbonyl (C=O) groups excluding carboxylic acids is 1. The Kier molecular flexibility index (Phi) is 5.12. The summed E-state index contributed by atoms with van der Waals surface area (Å²) in [7, 11) is 0. The molecule has 0 aromatic heterocycles. The summed E-state index contributed by atoms with van der Waals surface area (Å²) in [5.74, 6) is 1.17. The van der Waals surface area contributed by atoms with E-state index in [1.165, 1.54) is 0 Å². The van der Waals surface area contributed by atoms with Gasteiger partial charge in [0.2, 0.25) is 5.91 Å². The van der Waals surface area contributed by atoms with Crippen molar-refractivity contribution in [1.82, 2.24) is 10.6 Å². The number of aliphatic imine (C=N–C) groups is 1. The first-order valence-corrected chi connectivity index (χ1v) is 6.74. The Bertz CT molecular complexity index is 276. The highest BCUT2D eigenvalue weighted by Gasteiger charge is 2.23. The summed E-state index contributed by atoms with van der Waals surface area (Å²) in [4.78, 5) is 15.6. The van der Waals surface area contributed by atoms with E-state index in [0.717, 1.165) is 17.3 Å². The van der Waals surface area contributed by atoms with Crippen LogP contribution >= 0.6 is 11.8 Å². The molecule has 1 aliphatic rings. The van der Waals surface area contributed by atoms with Crippen molar-refractivity contribution >= 4 is 22.8 Å². The molecule has 4 nitrogen and oxygen atoms in total. The summed E-state index contributed by atoms with van der Waals surface area (Å²) < 4.78 is 0. The van der Waals surface area contributed by atoms with Crippen LogP contribution < -0.4 is 10.6 Å². The molecule has 1 saturated heterocycles. The Morgan fingerprint density at radius 1 is 1.62 bits per heavy atom. The molecule has 0 aromatic carbocycles. The molecule has 0 saturated carbocycles. The van der Waals surface area contributed by atoms with Crippen LogP contribution in [0.1, 0.15) is 33.6 Å². The van der Waals surface area contributed by atoms with Gasteiger partial charge in [0.15, 0.2) is 5.17 Å². The summed E-state index contributed by atoms with van der Waals surface area (Å²) in [6, 6.07) is 0. The smallest absolute Gasteiger partial charge is 0.221 e. The molecule has 1 rings (SSSR count). The molecular formula is C11H21N3OS. The van der Waals surface area contributed by atoms with E-state index in [-0.39, 0.29) is 11.4 Å². The summed E-state index contributed by atoms with van der Waals surface area (Å²) >= 11 is 1.74. The minimum absolute atomic E-state index is 0.0759. The zero-order valence-electron chi connectivity index (χ0n) is 10.3. The number of hydrogen-bond donors (Lipinski definition) is 2. The highest BCUT2D eigenvalue weighted by molar-refractivity contribution is 8.13. The molecule has 1 heterocycles. The van der Waals surface area contributed by atoms with E-state index in [4.69, 9.17) is 0 Å². The van der Waals surface area contributed by atoms with Crippen molar-refractivity contribution in [3.05, 3.63) is 0 Å². The van der Waals surface area contributed by atoms with Crippen LogP contribution in [-0.2, 0) is 4.79 Å². The summed E-state index contributed by atoms with van der Waals surface area (Å²) in [5.41, 5.74) is 0.135. The topological polar surface area (TPSA) is 53.5 Å². The van der Waals surface area contributed by atoms with E-state index in [1.807, 2.05) is 6.92 Å². The van der Waals surface area contributed by atoms with Crippen molar-refractivity contribution in [1.29, 1.82) is 0 Å². The van der Waals surface area contributed by atoms with Crippen LogP contribution in [0.5, 0.6) is 0 Å². The molecule has 0 aliphatic carbocycles. The first-order chi connectivity index (χ1) is 7.53. The van der Waals surface area contributed by atoms with Gasteiger partial charge in [0.25, 0.3) is 0 Å². The van der Waals surface area contributed by atoms with Crippen molar-refractivity contribution < 1.29 is 4.79 Å². The SMILES string of the molecule is CCNC(=O)CCN=C1NC(C)(C)CCS1. The van der Waals surface area contributed by atoms with E-state index in [0.29, 0.717) is 19.5 Å². The third-order valence-corrected chi connectivity index (χ3v) is 3.29. The van der Waals surface area contributed by atoms with E-state index >= 15 is 0 Å². The standard InChI is InChI=1S/C11H21N3OS/c1-4-12-9(15)5-7-13-10-14-11(2,3)6-8-16-10/h4-8H2,1-3H3,(H,12,15)(H,13,14). The molecule has 0 bridgehead atoms. The van der Waals surface area contributed by atoms with Gasteiger partial charge in [0.1, 0.15) is 0 Å². The quantitative estimate of drug-likeness (QED) is 0.784. The van der Waals surface area contributed by atoms with Gasteiger partial charge in [-0.25, -0.2) is 0 Å². The Balaban J connectivity index is 2.31. The molecule has 1 aliphatic heterocycles. The number of amidine groups is 1. The Morgan fingerprint density at radius 2 is 2.38 bits per heavy atom. The maximum absolute atomic E-state index is 11.2. The van der Waals surface area contributed by atoms with E-state index in [1.54, 1.807) is 11.8 Å². The van der Waals surface area contributed by atoms with Crippen molar-refractivity contribution in [2.24, 2.45) is 4.99 Å². The van der Waals surface area contributed by atoms with Gasteiger partial charge >= 0.3 is 0 Å². The second kappa shape index (κ2) is 6.13. The second-order valence-electron chi connectivity index (χ2n) is 4.50. The summed E-state index contributed by atoms with van der Waals surface area (Å²) in [5, 5.41) is 7.12. The summed E-state index contributed by atoms with van der Waals surface area (Å²) in [6.45, 7) is 7.52. The molecule has 0 radical (unpaired) electrons. The third-order valence-electron chi connectivity index (χ3n) is 2.38. The molecule has 0 aromatic rings. The highest BCUT2D eigenvalue weighted by Crippen LogP contribution is 2.21. The first kappa shape index (κ1) is 13.4. The van der Waals surface area contributed by atoms with Crippen molar-refractivity contribution in [2.75, 3.05) is 18.8 Å². The molecule has 0 spiro atoms. The fraction of sp³-hybridized carbons (Fsp3) is 0.818. The Labute approximate surface area is 102 Å². The Morgan fingerprint density at radius 3 is 3.00 bits per heavy atom. The number of thioether (sulfide) groups is 1. The summed E-state index contributed by atoms with van der Waals surface area (Å²) in [6.07, 6.45) is 1.62. The molecule has 0 atom stereocenters. The van der Waals surface area contributed by atoms with E-state index in [2.05, 4.69) is 29.5 Å². The zero-order valence-corrected chi connectivity index (χ0v) is 11.1. The molecule has 0 unspecified atom stereocenters. The van der Waals surface area contributed by atoms with Crippen LogP contribution in [0, 0.1) is 0 Å². The van der Waals surface area contributed by atoms with Gasteiger partial charge in [-0.2, -0.15) is 0 Å². The molecule has 1 fully saturated rings. The molecule has 1 amide bonds. The Hall–Kier alpha value is -0.710. The zero-order chi connectivity index (χ0) is 12.0. The maximum Gasteiger partial charge on any atom is 0.221 e. The predicted molar refractivity (Wildman–Crippen MR) is 69.9 cm³/mol. The van der Waals surface area contributed by atoms with Gasteiger partial charge in [-0.3, -0.25) is 9.79 Å². The number of nitrogens with zero attached hydrogens (tertiary/aromatic N) is 1. The minimum atomic E-state index is 0.0759. The van der Waals surface area contributed by atoms with Crippen LogP contribution in [0.15, 0.2) is 4.99 Å². The van der Waals surface area contributed by atoms with Crippen molar-refractivity contribution in [2.45, 2.75) is 39.2 Å². The van der Waals surface area contributed by atoms with Crippen LogP contribution in [0.4, 0.5) is 0 Å². The predicted octanol–water partition coefficient (Wildman–Crippen LogP) is 1.37. The lowest BCUT2D eigenvalue weighted by atomic mass is 10.0. The number of hydrogen-bond acceptors (Lipinski definition) is 3. The average Bonchev–Trinajstić information content (AvgIpc) is 2.16. The number of rotatable bonds is 4. The van der Waals surface area contributed by atoms with Gasteiger partial charge in [-0.05, 0) is 27.2 Å². The number of nitrogens with one attached hydrogen (secondary N) is 2. The lowest BCUT2D eigenvalue weighted by Gasteiger charge is -2.32. The van der Waals surface area contributed by atoms with Crippen LogP contribution in [0.25, 0.3) is 0 Å². The minimum Gasteiger partial charge on any atom is -0.360 e. The van der Waals surface area contributed by atoms with Gasteiger partial charge < -0.3 is 10.6 Å². The van der Waals surface area contributed by atoms with Gasteiger partial charge in [-0.1, -0.05) is 11.8 Å². The monoisotopic (exact) mass is 243 g/mol. The number of amides is 1. The first-order valence-electron chi connectivity index (χ1n) is 5.75. The fourth-order valence-corrected chi connectivity index (χ4v) is 2.76. The second-order valence-corrected chi connectivity index (χ2v) is 5.58. The molecule has 92 valence electrons. The molecular weight excluding hydrogens is 222 g/mol. The largest absolute Gasteiger partial charge is 0.360 e. The molecule has 5 heteroatoms. The van der Waals surface area contributed by atoms with Crippen molar-refractivity contribution in [3.8, 4) is 0 Å². The number of carbonyl (C=O) groups is 1. The maximum atomic E-state index is 11.2. The third kappa shape index (κ3) is 4.88. The van der Waals surface area contributed by atoms with Gasteiger partial charge in [0, 0.05) is 24.3 Å². The van der Waals surface area contributed by atoms with Crippen molar-refractivity contribution in [3.63, 3.8) is 0 Å².